The van der Waals surface area contributed by atoms with Crippen LogP contribution >= 0.6 is 11.3 Å². The number of ether oxygens (including phenoxy) is 1. The van der Waals surface area contributed by atoms with Crippen LogP contribution in [-0.4, -0.2) is 20.5 Å². The lowest BCUT2D eigenvalue weighted by molar-refractivity contribution is 0.416. The van der Waals surface area contributed by atoms with Gasteiger partial charge in [-0.3, -0.25) is 4.72 Å². The van der Waals surface area contributed by atoms with Crippen LogP contribution < -0.4 is 9.46 Å². The van der Waals surface area contributed by atoms with Crippen LogP contribution in [0.1, 0.15) is 5.56 Å². The number of rotatable bonds is 5. The molecule has 0 aliphatic carbocycles. The summed E-state index contributed by atoms with van der Waals surface area (Å²) in [6.07, 6.45) is 1.24. The minimum Gasteiger partial charge on any atom is -0.495 e. The average molecular weight is 389 g/mol. The number of anilines is 1. The Morgan fingerprint density at radius 1 is 1.23 bits per heavy atom. The van der Waals surface area contributed by atoms with E-state index in [1.165, 1.54) is 55.8 Å². The van der Waals surface area contributed by atoms with E-state index in [2.05, 4.69) is 9.71 Å². The molecule has 3 aromatic rings. The number of nitrogens with one attached hydrogen (secondary N) is 1. The molecule has 9 heteroatoms. The van der Waals surface area contributed by atoms with Crippen LogP contribution in [0, 0.1) is 17.1 Å². The molecule has 1 heterocycles. The van der Waals surface area contributed by atoms with Crippen molar-refractivity contribution < 1.29 is 17.5 Å². The van der Waals surface area contributed by atoms with Crippen molar-refractivity contribution >= 4 is 27.0 Å². The Balaban J connectivity index is 1.90. The van der Waals surface area contributed by atoms with Crippen LogP contribution in [0.5, 0.6) is 5.75 Å². The SMILES string of the molecule is COc1cc(C#N)ccc1NS(=O)(=O)c1cnc(-c2ccc(F)cc2)s1. The molecule has 0 radical (unpaired) electrons. The third-order valence-corrected chi connectivity index (χ3v) is 6.29. The number of nitrogens with zero attached hydrogens (tertiary/aromatic N) is 2. The minimum atomic E-state index is -3.89. The largest absolute Gasteiger partial charge is 0.495 e. The number of benzene rings is 2. The first kappa shape index (κ1) is 17.8. The maximum absolute atomic E-state index is 13.0. The zero-order chi connectivity index (χ0) is 18.7. The van der Waals surface area contributed by atoms with Crippen LogP contribution in [0.15, 0.2) is 52.9 Å². The first-order chi connectivity index (χ1) is 12.4. The van der Waals surface area contributed by atoms with E-state index in [0.717, 1.165) is 11.3 Å². The Kier molecular flexibility index (Phi) is 4.88. The van der Waals surface area contributed by atoms with Gasteiger partial charge in [-0.15, -0.1) is 11.3 Å². The number of sulfonamides is 1. The Hall–Kier alpha value is -2.96. The van der Waals surface area contributed by atoms with Crippen molar-refractivity contribution in [1.82, 2.24) is 4.98 Å². The number of nitriles is 1. The lowest BCUT2D eigenvalue weighted by Crippen LogP contribution is -2.12. The van der Waals surface area contributed by atoms with Crippen molar-refractivity contribution in [2.75, 3.05) is 11.8 Å². The summed E-state index contributed by atoms with van der Waals surface area (Å²) >= 11 is 0.962. The molecular weight excluding hydrogens is 377 g/mol. The quantitative estimate of drug-likeness (QED) is 0.719. The molecule has 0 atom stereocenters. The van der Waals surface area contributed by atoms with Gasteiger partial charge in [0.15, 0.2) is 4.21 Å². The molecule has 1 aromatic heterocycles. The highest BCUT2D eigenvalue weighted by Crippen LogP contribution is 2.32. The summed E-state index contributed by atoms with van der Waals surface area (Å²) in [6.45, 7) is 0. The highest BCUT2D eigenvalue weighted by molar-refractivity contribution is 7.94. The monoisotopic (exact) mass is 389 g/mol. The van der Waals surface area contributed by atoms with Crippen molar-refractivity contribution in [3.05, 3.63) is 60.0 Å². The maximum Gasteiger partial charge on any atom is 0.273 e. The summed E-state index contributed by atoms with van der Waals surface area (Å²) in [5.74, 6) is -0.149. The van der Waals surface area contributed by atoms with Gasteiger partial charge in [0.2, 0.25) is 0 Å². The number of halogens is 1. The van der Waals surface area contributed by atoms with Crippen LogP contribution in [-0.2, 0) is 10.0 Å². The molecule has 6 nitrogen and oxygen atoms in total. The van der Waals surface area contributed by atoms with Crippen molar-refractivity contribution in [3.63, 3.8) is 0 Å². The van der Waals surface area contributed by atoms with E-state index >= 15 is 0 Å². The van der Waals surface area contributed by atoms with Crippen molar-refractivity contribution in [2.45, 2.75) is 4.21 Å². The van der Waals surface area contributed by atoms with E-state index in [9.17, 15) is 12.8 Å². The van der Waals surface area contributed by atoms with Gasteiger partial charge in [0.05, 0.1) is 30.6 Å². The highest BCUT2D eigenvalue weighted by atomic mass is 32.2. The van der Waals surface area contributed by atoms with Crippen LogP contribution in [0.2, 0.25) is 0 Å². The molecule has 1 N–H and O–H groups in total. The highest BCUT2D eigenvalue weighted by Gasteiger charge is 2.20. The normalized spacial score (nSPS) is 11.0. The molecule has 26 heavy (non-hydrogen) atoms. The summed E-state index contributed by atoms with van der Waals surface area (Å²) in [4.78, 5) is 4.10. The van der Waals surface area contributed by atoms with Crippen LogP contribution in [0.3, 0.4) is 0 Å². The molecular formula is C17H12FN3O3S2. The molecule has 0 unspecified atom stereocenters. The van der Waals surface area contributed by atoms with Gasteiger partial charge >= 0.3 is 0 Å². The summed E-state index contributed by atoms with van der Waals surface area (Å²) in [6, 6.07) is 12.0. The van der Waals surface area contributed by atoms with Gasteiger partial charge in [0.1, 0.15) is 16.6 Å². The molecule has 0 saturated carbocycles. The van der Waals surface area contributed by atoms with Crippen molar-refractivity contribution in [3.8, 4) is 22.4 Å². The number of thiazole rings is 1. The topological polar surface area (TPSA) is 92.1 Å². The van der Waals surface area contributed by atoms with Crippen molar-refractivity contribution in [1.29, 1.82) is 5.26 Å². The molecule has 0 amide bonds. The Bertz CT molecular complexity index is 1090. The van der Waals surface area contributed by atoms with E-state index in [-0.39, 0.29) is 21.5 Å². The van der Waals surface area contributed by atoms with Crippen LogP contribution in [0.25, 0.3) is 10.6 Å². The predicted octanol–water partition coefficient (Wildman–Crippen LogP) is 3.63. The zero-order valence-electron chi connectivity index (χ0n) is 13.4. The Morgan fingerprint density at radius 3 is 2.62 bits per heavy atom. The van der Waals surface area contributed by atoms with Gasteiger partial charge in [-0.25, -0.2) is 17.8 Å². The van der Waals surface area contributed by atoms with E-state index in [4.69, 9.17) is 10.00 Å². The fourth-order valence-electron chi connectivity index (χ4n) is 2.15. The zero-order valence-corrected chi connectivity index (χ0v) is 15.1. The molecule has 0 fully saturated rings. The average Bonchev–Trinajstić information content (AvgIpc) is 3.13. The van der Waals surface area contributed by atoms with E-state index < -0.39 is 10.0 Å². The van der Waals surface area contributed by atoms with Gasteiger partial charge in [0, 0.05) is 11.6 Å². The van der Waals surface area contributed by atoms with Gasteiger partial charge < -0.3 is 4.74 Å². The summed E-state index contributed by atoms with van der Waals surface area (Å²) in [5, 5.41) is 9.37. The lowest BCUT2D eigenvalue weighted by Gasteiger charge is -2.10. The third-order valence-electron chi connectivity index (χ3n) is 3.42. The van der Waals surface area contributed by atoms with E-state index in [0.29, 0.717) is 16.1 Å². The molecule has 3 rings (SSSR count). The van der Waals surface area contributed by atoms with Gasteiger partial charge in [-0.05, 0) is 36.4 Å². The molecule has 2 aromatic carbocycles. The first-order valence-electron chi connectivity index (χ1n) is 7.25. The summed E-state index contributed by atoms with van der Waals surface area (Å²) < 4.78 is 45.8. The van der Waals surface area contributed by atoms with E-state index in [1.54, 1.807) is 0 Å². The maximum atomic E-state index is 13.0. The molecule has 0 spiro atoms. The van der Waals surface area contributed by atoms with Crippen LogP contribution in [0.4, 0.5) is 10.1 Å². The number of aromatic nitrogens is 1. The van der Waals surface area contributed by atoms with Gasteiger partial charge in [-0.2, -0.15) is 5.26 Å². The summed E-state index contributed by atoms with van der Waals surface area (Å²) in [7, 11) is -2.51. The predicted molar refractivity (Wildman–Crippen MR) is 96.0 cm³/mol. The number of methoxy groups -OCH3 is 1. The Morgan fingerprint density at radius 2 is 1.96 bits per heavy atom. The lowest BCUT2D eigenvalue weighted by atomic mass is 10.2. The Labute approximate surface area is 153 Å². The molecule has 0 aliphatic heterocycles. The molecule has 0 saturated heterocycles. The molecule has 0 bridgehead atoms. The number of hydrogen-bond acceptors (Lipinski definition) is 6. The fourth-order valence-corrected chi connectivity index (χ4v) is 4.36. The standard InChI is InChI=1S/C17H12FN3O3S2/c1-24-15-8-11(9-19)2-7-14(15)21-26(22,23)16-10-20-17(25-16)12-3-5-13(18)6-4-12/h2-8,10,21H,1H3. The smallest absolute Gasteiger partial charge is 0.273 e. The number of hydrogen-bond donors (Lipinski definition) is 1. The van der Waals surface area contributed by atoms with Crippen molar-refractivity contribution in [2.24, 2.45) is 0 Å². The second-order valence-electron chi connectivity index (χ2n) is 5.12. The second-order valence-corrected chi connectivity index (χ2v) is 8.06. The third kappa shape index (κ3) is 3.66. The minimum absolute atomic E-state index is 0.00300. The first-order valence-corrected chi connectivity index (χ1v) is 9.55. The summed E-state index contributed by atoms with van der Waals surface area (Å²) in [5.41, 5.74) is 1.18. The van der Waals surface area contributed by atoms with Gasteiger partial charge in [0.25, 0.3) is 10.0 Å². The fraction of sp³-hybridized carbons (Fsp3) is 0.0588. The van der Waals surface area contributed by atoms with Gasteiger partial charge in [-0.1, -0.05) is 0 Å². The molecule has 0 aliphatic rings. The van der Waals surface area contributed by atoms with E-state index in [1.807, 2.05) is 6.07 Å². The second kappa shape index (κ2) is 7.11. The molecule has 132 valence electrons.